The predicted octanol–water partition coefficient (Wildman–Crippen LogP) is 2.57. The molecule has 0 saturated heterocycles. The van der Waals surface area contributed by atoms with Crippen LogP contribution in [-0.2, 0) is 16.6 Å². The van der Waals surface area contributed by atoms with Crippen molar-refractivity contribution in [3.05, 3.63) is 60.2 Å². The summed E-state index contributed by atoms with van der Waals surface area (Å²) in [5, 5.41) is 0. The molecule has 0 spiro atoms. The van der Waals surface area contributed by atoms with Gasteiger partial charge in [0.2, 0.25) is 10.0 Å². The number of aromatic nitrogens is 1. The molecule has 6 heteroatoms. The van der Waals surface area contributed by atoms with E-state index in [1.165, 1.54) is 28.6 Å². The van der Waals surface area contributed by atoms with Crippen molar-refractivity contribution in [2.45, 2.75) is 30.3 Å². The van der Waals surface area contributed by atoms with E-state index in [1.807, 2.05) is 6.07 Å². The molecule has 1 aromatic carbocycles. The maximum absolute atomic E-state index is 13.8. The van der Waals surface area contributed by atoms with Gasteiger partial charge in [0.25, 0.3) is 0 Å². The predicted molar refractivity (Wildman–Crippen MR) is 76.4 cm³/mol. The average molecular weight is 306 g/mol. The van der Waals surface area contributed by atoms with Crippen molar-refractivity contribution in [3.63, 3.8) is 0 Å². The first-order chi connectivity index (χ1) is 10.1. The van der Waals surface area contributed by atoms with Crippen LogP contribution < -0.4 is 0 Å². The van der Waals surface area contributed by atoms with Crippen molar-refractivity contribution in [2.75, 3.05) is 0 Å². The van der Waals surface area contributed by atoms with Crippen molar-refractivity contribution < 1.29 is 12.8 Å². The Morgan fingerprint density at radius 1 is 1.14 bits per heavy atom. The molecule has 0 aliphatic heterocycles. The van der Waals surface area contributed by atoms with Gasteiger partial charge >= 0.3 is 0 Å². The Morgan fingerprint density at radius 2 is 1.86 bits per heavy atom. The summed E-state index contributed by atoms with van der Waals surface area (Å²) in [7, 11) is -3.85. The van der Waals surface area contributed by atoms with Crippen molar-refractivity contribution in [1.82, 2.24) is 9.29 Å². The van der Waals surface area contributed by atoms with Crippen LogP contribution in [0.25, 0.3) is 0 Å². The number of hydrogen-bond donors (Lipinski definition) is 0. The number of rotatable bonds is 5. The Bertz CT molecular complexity index is 730. The minimum atomic E-state index is -3.85. The lowest BCUT2D eigenvalue weighted by atomic mass is 10.3. The highest BCUT2D eigenvalue weighted by Crippen LogP contribution is 2.33. The third-order valence-corrected chi connectivity index (χ3v) is 5.35. The lowest BCUT2D eigenvalue weighted by molar-refractivity contribution is 0.391. The van der Waals surface area contributed by atoms with Crippen molar-refractivity contribution in [3.8, 4) is 0 Å². The van der Waals surface area contributed by atoms with Gasteiger partial charge in [-0.1, -0.05) is 18.2 Å². The summed E-state index contributed by atoms with van der Waals surface area (Å²) in [6.07, 6.45) is 3.23. The molecular formula is C15H15FN2O2S. The van der Waals surface area contributed by atoms with Gasteiger partial charge in [0.05, 0.1) is 12.2 Å². The van der Waals surface area contributed by atoms with E-state index < -0.39 is 15.8 Å². The number of pyridine rings is 1. The van der Waals surface area contributed by atoms with Crippen LogP contribution in [0.15, 0.2) is 53.6 Å². The molecule has 0 N–H and O–H groups in total. The van der Waals surface area contributed by atoms with E-state index in [1.54, 1.807) is 18.3 Å². The van der Waals surface area contributed by atoms with Crippen molar-refractivity contribution in [1.29, 1.82) is 0 Å². The maximum atomic E-state index is 13.8. The van der Waals surface area contributed by atoms with E-state index >= 15 is 0 Å². The van der Waals surface area contributed by atoms with E-state index in [0.717, 1.165) is 12.8 Å². The highest BCUT2D eigenvalue weighted by Gasteiger charge is 2.39. The smallest absolute Gasteiger partial charge is 0.246 e. The van der Waals surface area contributed by atoms with Crippen LogP contribution in [-0.4, -0.2) is 23.7 Å². The second-order valence-corrected chi connectivity index (χ2v) is 6.89. The number of hydrogen-bond acceptors (Lipinski definition) is 3. The Morgan fingerprint density at radius 3 is 2.48 bits per heavy atom. The first-order valence-corrected chi connectivity index (χ1v) is 8.19. The van der Waals surface area contributed by atoms with E-state index in [2.05, 4.69) is 4.98 Å². The fourth-order valence-electron chi connectivity index (χ4n) is 2.20. The van der Waals surface area contributed by atoms with Crippen molar-refractivity contribution >= 4 is 10.0 Å². The van der Waals surface area contributed by atoms with Crippen LogP contribution in [0, 0.1) is 5.82 Å². The SMILES string of the molecule is O=S(=O)(c1ccccc1F)N(Cc1ccccn1)C1CC1. The van der Waals surface area contributed by atoms with Crippen LogP contribution in [0.4, 0.5) is 4.39 Å². The minimum absolute atomic E-state index is 0.0587. The molecule has 1 aromatic heterocycles. The first-order valence-electron chi connectivity index (χ1n) is 6.75. The molecule has 0 unspecified atom stereocenters. The monoisotopic (exact) mass is 306 g/mol. The third kappa shape index (κ3) is 2.96. The summed E-state index contributed by atoms with van der Waals surface area (Å²) in [5.74, 6) is -0.718. The number of halogens is 1. The fourth-order valence-corrected chi connectivity index (χ4v) is 3.93. The summed E-state index contributed by atoms with van der Waals surface area (Å²) in [6, 6.07) is 10.8. The molecule has 4 nitrogen and oxygen atoms in total. The lowest BCUT2D eigenvalue weighted by Crippen LogP contribution is -2.33. The molecule has 1 saturated carbocycles. The molecule has 2 aromatic rings. The zero-order valence-electron chi connectivity index (χ0n) is 11.3. The average Bonchev–Trinajstić information content (AvgIpc) is 3.30. The minimum Gasteiger partial charge on any atom is -0.260 e. The van der Waals surface area contributed by atoms with Gasteiger partial charge in [-0.25, -0.2) is 12.8 Å². The van der Waals surface area contributed by atoms with Gasteiger partial charge in [-0.15, -0.1) is 0 Å². The normalized spacial score (nSPS) is 15.3. The number of sulfonamides is 1. The van der Waals surface area contributed by atoms with E-state index in [-0.39, 0.29) is 17.5 Å². The standard InChI is InChI=1S/C15H15FN2O2S/c16-14-6-1-2-7-15(14)21(19,20)18(13-8-9-13)11-12-5-3-4-10-17-12/h1-7,10,13H,8-9,11H2. The van der Waals surface area contributed by atoms with E-state index in [4.69, 9.17) is 0 Å². The van der Waals surface area contributed by atoms with Gasteiger partial charge in [-0.3, -0.25) is 4.98 Å². The zero-order valence-corrected chi connectivity index (χ0v) is 12.1. The topological polar surface area (TPSA) is 50.3 Å². The molecule has 110 valence electrons. The van der Waals surface area contributed by atoms with Crippen LogP contribution in [0.3, 0.4) is 0 Å². The largest absolute Gasteiger partial charge is 0.260 e. The Hall–Kier alpha value is -1.79. The molecular weight excluding hydrogens is 291 g/mol. The van der Waals surface area contributed by atoms with Gasteiger partial charge in [0.1, 0.15) is 10.7 Å². The lowest BCUT2D eigenvalue weighted by Gasteiger charge is -2.21. The second kappa shape index (κ2) is 5.54. The highest BCUT2D eigenvalue weighted by molar-refractivity contribution is 7.89. The molecule has 0 amide bonds. The summed E-state index contributed by atoms with van der Waals surface area (Å²) in [5.41, 5.74) is 0.657. The Labute approximate surface area is 123 Å². The van der Waals surface area contributed by atoms with Gasteiger partial charge in [-0.2, -0.15) is 4.31 Å². The molecule has 1 aliphatic carbocycles. The second-order valence-electron chi connectivity index (χ2n) is 5.03. The molecule has 0 radical (unpaired) electrons. The molecule has 1 aliphatic rings. The van der Waals surface area contributed by atoms with Crippen LogP contribution >= 0.6 is 0 Å². The van der Waals surface area contributed by atoms with Gasteiger partial charge in [0.15, 0.2) is 0 Å². The molecule has 3 rings (SSSR count). The Balaban J connectivity index is 1.96. The number of nitrogens with zero attached hydrogens (tertiary/aromatic N) is 2. The number of benzene rings is 1. The van der Waals surface area contributed by atoms with Gasteiger partial charge < -0.3 is 0 Å². The summed E-state index contributed by atoms with van der Waals surface area (Å²) < 4.78 is 40.6. The highest BCUT2D eigenvalue weighted by atomic mass is 32.2. The van der Waals surface area contributed by atoms with Crippen LogP contribution in [0.5, 0.6) is 0 Å². The molecule has 0 atom stereocenters. The van der Waals surface area contributed by atoms with Gasteiger partial charge in [0, 0.05) is 12.2 Å². The van der Waals surface area contributed by atoms with Crippen LogP contribution in [0.2, 0.25) is 0 Å². The van der Waals surface area contributed by atoms with E-state index in [9.17, 15) is 12.8 Å². The first kappa shape index (κ1) is 14.2. The summed E-state index contributed by atoms with van der Waals surface area (Å²) in [6.45, 7) is 0.169. The fraction of sp³-hybridized carbons (Fsp3) is 0.267. The molecule has 21 heavy (non-hydrogen) atoms. The molecule has 1 fully saturated rings. The van der Waals surface area contributed by atoms with E-state index in [0.29, 0.717) is 5.69 Å². The molecule has 1 heterocycles. The van der Waals surface area contributed by atoms with Crippen molar-refractivity contribution in [2.24, 2.45) is 0 Å². The van der Waals surface area contributed by atoms with Crippen LogP contribution in [0.1, 0.15) is 18.5 Å². The Kier molecular flexibility index (Phi) is 3.73. The van der Waals surface area contributed by atoms with Gasteiger partial charge in [-0.05, 0) is 37.1 Å². The zero-order chi connectivity index (χ0) is 14.9. The summed E-state index contributed by atoms with van der Waals surface area (Å²) >= 11 is 0. The third-order valence-electron chi connectivity index (χ3n) is 3.42. The maximum Gasteiger partial charge on any atom is 0.246 e. The quantitative estimate of drug-likeness (QED) is 0.853. The molecule has 0 bridgehead atoms. The summed E-state index contributed by atoms with van der Waals surface area (Å²) in [4.78, 5) is 3.89.